The van der Waals surface area contributed by atoms with Crippen LogP contribution < -0.4 is 10.6 Å². The van der Waals surface area contributed by atoms with Gasteiger partial charge in [-0.25, -0.2) is 4.99 Å². The van der Waals surface area contributed by atoms with E-state index in [1.54, 1.807) is 19.0 Å². The maximum Gasteiger partial charge on any atom is 0.241 e. The second-order valence-electron chi connectivity index (χ2n) is 5.32. The second-order valence-corrected chi connectivity index (χ2v) is 5.72. The molecule has 0 aliphatic heterocycles. The SMILES string of the molecule is CCCNC(=NCc1ccc(Cl)c(C)c1)NCC(=O)N(C)C. The van der Waals surface area contributed by atoms with Crippen molar-refractivity contribution in [3.8, 4) is 0 Å². The van der Waals surface area contributed by atoms with E-state index in [0.29, 0.717) is 12.5 Å². The molecule has 0 atom stereocenters. The molecule has 1 aromatic carbocycles. The molecule has 1 aromatic rings. The van der Waals surface area contributed by atoms with Gasteiger partial charge in [0.05, 0.1) is 13.1 Å². The molecule has 0 heterocycles. The number of likely N-dealkylation sites (N-methyl/N-ethyl adjacent to an activating group) is 1. The normalized spacial score (nSPS) is 11.2. The number of amides is 1. The Balaban J connectivity index is 2.68. The molecule has 1 rings (SSSR count). The van der Waals surface area contributed by atoms with Crippen LogP contribution in [0.3, 0.4) is 0 Å². The molecule has 0 aliphatic rings. The van der Waals surface area contributed by atoms with E-state index in [2.05, 4.69) is 22.5 Å². The van der Waals surface area contributed by atoms with Crippen LogP contribution in [0.15, 0.2) is 23.2 Å². The van der Waals surface area contributed by atoms with Crippen molar-refractivity contribution in [2.24, 2.45) is 4.99 Å². The van der Waals surface area contributed by atoms with E-state index in [0.717, 1.165) is 29.1 Å². The third kappa shape index (κ3) is 6.35. The third-order valence-corrected chi connectivity index (χ3v) is 3.51. The van der Waals surface area contributed by atoms with Crippen molar-refractivity contribution in [1.82, 2.24) is 15.5 Å². The summed E-state index contributed by atoms with van der Waals surface area (Å²) in [7, 11) is 3.47. The Morgan fingerprint density at radius 1 is 1.32 bits per heavy atom. The summed E-state index contributed by atoms with van der Waals surface area (Å²) in [5.74, 6) is 0.651. The summed E-state index contributed by atoms with van der Waals surface area (Å²) in [6, 6.07) is 5.86. The van der Waals surface area contributed by atoms with Crippen molar-refractivity contribution in [2.45, 2.75) is 26.8 Å². The highest BCUT2D eigenvalue weighted by Gasteiger charge is 2.05. The number of hydrogen-bond donors (Lipinski definition) is 2. The van der Waals surface area contributed by atoms with Gasteiger partial charge >= 0.3 is 0 Å². The molecule has 0 saturated carbocycles. The average Bonchev–Trinajstić information content (AvgIpc) is 2.49. The van der Waals surface area contributed by atoms with Gasteiger partial charge in [-0.2, -0.15) is 0 Å². The van der Waals surface area contributed by atoms with E-state index in [-0.39, 0.29) is 12.5 Å². The van der Waals surface area contributed by atoms with Gasteiger partial charge in [-0.3, -0.25) is 4.79 Å². The number of hydrogen-bond acceptors (Lipinski definition) is 2. The maximum absolute atomic E-state index is 11.6. The second kappa shape index (κ2) is 9.30. The van der Waals surface area contributed by atoms with Crippen LogP contribution in [0.25, 0.3) is 0 Å². The number of carbonyl (C=O) groups is 1. The Kier molecular flexibility index (Phi) is 7.74. The zero-order chi connectivity index (χ0) is 16.5. The van der Waals surface area contributed by atoms with E-state index >= 15 is 0 Å². The van der Waals surface area contributed by atoms with Crippen LogP contribution in [0.4, 0.5) is 0 Å². The first-order valence-electron chi connectivity index (χ1n) is 7.41. The van der Waals surface area contributed by atoms with Gasteiger partial charge < -0.3 is 15.5 Å². The van der Waals surface area contributed by atoms with Gasteiger partial charge in [0.1, 0.15) is 0 Å². The number of benzene rings is 1. The third-order valence-electron chi connectivity index (χ3n) is 3.09. The molecule has 0 aromatic heterocycles. The fourth-order valence-electron chi connectivity index (χ4n) is 1.71. The molecule has 2 N–H and O–H groups in total. The van der Waals surface area contributed by atoms with Gasteiger partial charge in [0.25, 0.3) is 0 Å². The van der Waals surface area contributed by atoms with Crippen molar-refractivity contribution < 1.29 is 4.79 Å². The summed E-state index contributed by atoms with van der Waals surface area (Å²) in [6.07, 6.45) is 0.988. The first-order valence-corrected chi connectivity index (χ1v) is 7.79. The number of aliphatic imine (C=N–C) groups is 1. The van der Waals surface area contributed by atoms with Crippen LogP contribution in [-0.2, 0) is 11.3 Å². The van der Waals surface area contributed by atoms with Crippen LogP contribution in [0.2, 0.25) is 5.02 Å². The summed E-state index contributed by atoms with van der Waals surface area (Å²) >= 11 is 6.02. The predicted molar refractivity (Wildman–Crippen MR) is 92.3 cm³/mol. The number of rotatable bonds is 6. The number of nitrogens with zero attached hydrogens (tertiary/aromatic N) is 2. The van der Waals surface area contributed by atoms with E-state index in [1.807, 2.05) is 25.1 Å². The summed E-state index contributed by atoms with van der Waals surface area (Å²) in [4.78, 5) is 17.7. The molecule has 0 bridgehead atoms. The van der Waals surface area contributed by atoms with Gasteiger partial charge in [0.2, 0.25) is 5.91 Å². The van der Waals surface area contributed by atoms with E-state index in [4.69, 9.17) is 11.6 Å². The highest BCUT2D eigenvalue weighted by molar-refractivity contribution is 6.31. The minimum Gasteiger partial charge on any atom is -0.356 e. The number of carbonyl (C=O) groups excluding carboxylic acids is 1. The van der Waals surface area contributed by atoms with Gasteiger partial charge in [0, 0.05) is 25.7 Å². The summed E-state index contributed by atoms with van der Waals surface area (Å²) in [5, 5.41) is 7.01. The lowest BCUT2D eigenvalue weighted by Crippen LogP contribution is -2.43. The van der Waals surface area contributed by atoms with Crippen molar-refractivity contribution in [1.29, 1.82) is 0 Å². The average molecular weight is 325 g/mol. The molecular weight excluding hydrogens is 300 g/mol. The van der Waals surface area contributed by atoms with E-state index < -0.39 is 0 Å². The van der Waals surface area contributed by atoms with Crippen molar-refractivity contribution in [3.05, 3.63) is 34.3 Å². The first-order chi connectivity index (χ1) is 10.4. The highest BCUT2D eigenvalue weighted by Crippen LogP contribution is 2.16. The van der Waals surface area contributed by atoms with Crippen molar-refractivity contribution in [2.75, 3.05) is 27.2 Å². The first kappa shape index (κ1) is 18.3. The standard InChI is InChI=1S/C16H25ClN4O/c1-5-8-18-16(20-11-15(22)21(3)4)19-10-13-6-7-14(17)12(2)9-13/h6-7,9H,5,8,10-11H2,1-4H3,(H2,18,19,20). The molecular formula is C16H25ClN4O. The quantitative estimate of drug-likeness (QED) is 0.623. The van der Waals surface area contributed by atoms with Gasteiger partial charge in [-0.1, -0.05) is 30.7 Å². The molecule has 22 heavy (non-hydrogen) atoms. The van der Waals surface area contributed by atoms with Crippen molar-refractivity contribution >= 4 is 23.5 Å². The van der Waals surface area contributed by atoms with E-state index in [1.165, 1.54) is 0 Å². The van der Waals surface area contributed by atoms with Crippen LogP contribution in [0.1, 0.15) is 24.5 Å². The number of halogens is 1. The summed E-state index contributed by atoms with van der Waals surface area (Å²) in [6.45, 7) is 5.62. The molecule has 0 aliphatic carbocycles. The Labute approximate surface area is 137 Å². The number of aryl methyl sites for hydroxylation is 1. The molecule has 1 amide bonds. The fourth-order valence-corrected chi connectivity index (χ4v) is 1.83. The molecule has 0 spiro atoms. The zero-order valence-corrected chi connectivity index (χ0v) is 14.5. The Morgan fingerprint density at radius 2 is 2.05 bits per heavy atom. The number of guanidine groups is 1. The molecule has 0 saturated heterocycles. The van der Waals surface area contributed by atoms with Gasteiger partial charge in [0.15, 0.2) is 5.96 Å². The molecule has 5 nitrogen and oxygen atoms in total. The monoisotopic (exact) mass is 324 g/mol. The smallest absolute Gasteiger partial charge is 0.241 e. The molecule has 0 radical (unpaired) electrons. The minimum atomic E-state index is 0.00772. The largest absolute Gasteiger partial charge is 0.356 e. The lowest BCUT2D eigenvalue weighted by Gasteiger charge is -2.14. The molecule has 122 valence electrons. The summed E-state index contributed by atoms with van der Waals surface area (Å²) in [5.41, 5.74) is 2.12. The topological polar surface area (TPSA) is 56.7 Å². The fraction of sp³-hybridized carbons (Fsp3) is 0.500. The lowest BCUT2D eigenvalue weighted by molar-refractivity contribution is -0.127. The Morgan fingerprint density at radius 3 is 2.64 bits per heavy atom. The summed E-state index contributed by atoms with van der Waals surface area (Å²) < 4.78 is 0. The lowest BCUT2D eigenvalue weighted by atomic mass is 10.1. The maximum atomic E-state index is 11.6. The Hall–Kier alpha value is -1.75. The Bertz CT molecular complexity index is 529. The van der Waals surface area contributed by atoms with Crippen LogP contribution >= 0.6 is 11.6 Å². The van der Waals surface area contributed by atoms with Crippen LogP contribution in [0, 0.1) is 6.92 Å². The van der Waals surface area contributed by atoms with E-state index in [9.17, 15) is 4.79 Å². The molecule has 0 fully saturated rings. The molecule has 6 heteroatoms. The van der Waals surface area contributed by atoms with Gasteiger partial charge in [-0.05, 0) is 30.5 Å². The van der Waals surface area contributed by atoms with Crippen LogP contribution in [-0.4, -0.2) is 44.0 Å². The molecule has 0 unspecified atom stereocenters. The zero-order valence-electron chi connectivity index (χ0n) is 13.7. The number of nitrogens with one attached hydrogen (secondary N) is 2. The predicted octanol–water partition coefficient (Wildman–Crippen LogP) is 2.18. The van der Waals surface area contributed by atoms with Crippen LogP contribution in [0.5, 0.6) is 0 Å². The minimum absolute atomic E-state index is 0.00772. The highest BCUT2D eigenvalue weighted by atomic mass is 35.5. The van der Waals surface area contributed by atoms with Crippen molar-refractivity contribution in [3.63, 3.8) is 0 Å². The van der Waals surface area contributed by atoms with Gasteiger partial charge in [-0.15, -0.1) is 0 Å².